The summed E-state index contributed by atoms with van der Waals surface area (Å²) in [5, 5.41) is 0. The van der Waals surface area contributed by atoms with Crippen LogP contribution >= 0.6 is 15.9 Å². The minimum Gasteiger partial charge on any atom is -0.290 e. The Morgan fingerprint density at radius 2 is 1.50 bits per heavy atom. The average Bonchev–Trinajstić information content (AvgIpc) is 3.58. The second kappa shape index (κ2) is 7.10. The van der Waals surface area contributed by atoms with E-state index in [0.29, 0.717) is 23.1 Å². The lowest BCUT2D eigenvalue weighted by Crippen LogP contribution is -2.45. The molecule has 6 atom stereocenters. The van der Waals surface area contributed by atoms with Gasteiger partial charge in [0.15, 0.2) is 0 Å². The molecule has 2 aromatic carbocycles. The highest BCUT2D eigenvalue weighted by molar-refractivity contribution is 9.10. The first-order chi connectivity index (χ1) is 15.4. The Morgan fingerprint density at radius 3 is 2.06 bits per heavy atom. The van der Waals surface area contributed by atoms with E-state index in [1.807, 2.05) is 0 Å². The van der Waals surface area contributed by atoms with Crippen LogP contribution in [0.4, 0.5) is 10.1 Å². The number of hydrogen-bond acceptors (Lipinski definition) is 3. The molecule has 1 heterocycles. The van der Waals surface area contributed by atoms with E-state index in [1.54, 1.807) is 24.3 Å². The smallest absolute Gasteiger partial charge is 0.259 e. The molecule has 5 aliphatic rings. The van der Waals surface area contributed by atoms with Gasteiger partial charge in [0.05, 0.1) is 11.8 Å². The molecule has 5 nitrogen and oxygen atoms in total. The summed E-state index contributed by atoms with van der Waals surface area (Å²) in [7, 11) is 0. The third kappa shape index (κ3) is 2.90. The third-order valence-electron chi connectivity index (χ3n) is 7.51. The van der Waals surface area contributed by atoms with Crippen molar-refractivity contribution in [3.63, 3.8) is 0 Å². The first kappa shape index (κ1) is 19.9. The number of amides is 3. The molecule has 0 radical (unpaired) electrons. The second-order valence-electron chi connectivity index (χ2n) is 9.12. The van der Waals surface area contributed by atoms with E-state index in [2.05, 4.69) is 28.1 Å². The highest BCUT2D eigenvalue weighted by atomic mass is 79.9. The van der Waals surface area contributed by atoms with Crippen molar-refractivity contribution in [1.29, 1.82) is 0 Å². The molecule has 3 amide bonds. The standard InChI is InChI=1S/C25H20BrFN2O3/c26-14-3-1-13(2-4-14)23(30)28(16-7-5-15(27)6-8-16)12-29-24(31)21-17-9-10-18(20-11-19(17)20)22(21)25(29)32/h1-10,17-22H,11-12H2. The van der Waals surface area contributed by atoms with Crippen molar-refractivity contribution in [3.05, 3.63) is 76.5 Å². The Balaban J connectivity index is 1.33. The van der Waals surface area contributed by atoms with Crippen LogP contribution in [-0.4, -0.2) is 29.3 Å². The van der Waals surface area contributed by atoms with Gasteiger partial charge in [-0.1, -0.05) is 28.1 Å². The van der Waals surface area contributed by atoms with Crippen LogP contribution in [-0.2, 0) is 9.59 Å². The molecule has 7 rings (SSSR count). The van der Waals surface area contributed by atoms with Crippen LogP contribution in [0, 0.1) is 41.3 Å². The number of carbonyl (C=O) groups is 3. The van der Waals surface area contributed by atoms with Gasteiger partial charge in [-0.05, 0) is 78.6 Å². The van der Waals surface area contributed by atoms with Crippen LogP contribution in [0.5, 0.6) is 0 Å². The fourth-order valence-electron chi connectivity index (χ4n) is 5.93. The van der Waals surface area contributed by atoms with Gasteiger partial charge in [-0.2, -0.15) is 0 Å². The monoisotopic (exact) mass is 494 g/mol. The second-order valence-corrected chi connectivity index (χ2v) is 10.0. The summed E-state index contributed by atoms with van der Waals surface area (Å²) in [4.78, 5) is 42.8. The predicted octanol–water partition coefficient (Wildman–Crippen LogP) is 4.25. The number of nitrogens with zero attached hydrogens (tertiary/aromatic N) is 2. The van der Waals surface area contributed by atoms with Gasteiger partial charge in [-0.15, -0.1) is 0 Å². The lowest BCUT2D eigenvalue weighted by Gasteiger charge is -2.37. The number of imide groups is 1. The molecule has 2 bridgehead atoms. The van der Waals surface area contributed by atoms with Crippen molar-refractivity contribution >= 4 is 39.3 Å². The number of hydrogen-bond donors (Lipinski definition) is 0. The summed E-state index contributed by atoms with van der Waals surface area (Å²) in [6.07, 6.45) is 5.35. The van der Waals surface area contributed by atoms with Gasteiger partial charge in [0, 0.05) is 15.7 Å². The molecule has 4 aliphatic carbocycles. The van der Waals surface area contributed by atoms with E-state index in [4.69, 9.17) is 0 Å². The maximum absolute atomic E-state index is 13.5. The Kier molecular flexibility index (Phi) is 4.41. The molecule has 0 N–H and O–H groups in total. The van der Waals surface area contributed by atoms with Crippen LogP contribution in [0.2, 0.25) is 0 Å². The molecule has 1 aliphatic heterocycles. The number of carbonyl (C=O) groups excluding carboxylic acids is 3. The molecule has 6 unspecified atom stereocenters. The lowest BCUT2D eigenvalue weighted by molar-refractivity contribution is -0.140. The van der Waals surface area contributed by atoms with Crippen LogP contribution in [0.25, 0.3) is 0 Å². The summed E-state index contributed by atoms with van der Waals surface area (Å²) < 4.78 is 14.4. The van der Waals surface area contributed by atoms with Crippen molar-refractivity contribution in [2.75, 3.05) is 11.6 Å². The number of likely N-dealkylation sites (tertiary alicyclic amines) is 1. The minimum atomic E-state index is -0.425. The summed E-state index contributed by atoms with van der Waals surface area (Å²) >= 11 is 3.36. The molecule has 0 spiro atoms. The molecular weight excluding hydrogens is 475 g/mol. The molecule has 32 heavy (non-hydrogen) atoms. The van der Waals surface area contributed by atoms with Gasteiger partial charge in [0.1, 0.15) is 12.5 Å². The summed E-state index contributed by atoms with van der Waals surface area (Å²) in [5.74, 6) is -0.537. The Morgan fingerprint density at radius 1 is 0.938 bits per heavy atom. The molecule has 2 saturated carbocycles. The Labute approximate surface area is 193 Å². The summed E-state index contributed by atoms with van der Waals surface area (Å²) in [5.41, 5.74) is 0.843. The highest BCUT2D eigenvalue weighted by Gasteiger charge is 2.67. The number of anilines is 1. The zero-order valence-electron chi connectivity index (χ0n) is 17.0. The van der Waals surface area contributed by atoms with Gasteiger partial charge in [0.25, 0.3) is 5.91 Å². The molecule has 3 fully saturated rings. The first-order valence-electron chi connectivity index (χ1n) is 10.8. The third-order valence-corrected chi connectivity index (χ3v) is 8.04. The summed E-state index contributed by atoms with van der Waals surface area (Å²) in [6, 6.07) is 12.4. The van der Waals surface area contributed by atoms with E-state index in [9.17, 15) is 18.8 Å². The molecule has 162 valence electrons. The van der Waals surface area contributed by atoms with Gasteiger partial charge in [-0.3, -0.25) is 24.2 Å². The number of allylic oxidation sites excluding steroid dienone is 2. The van der Waals surface area contributed by atoms with Crippen molar-refractivity contribution in [2.24, 2.45) is 35.5 Å². The van der Waals surface area contributed by atoms with Crippen LogP contribution in [0.1, 0.15) is 16.8 Å². The first-order valence-corrected chi connectivity index (χ1v) is 11.6. The van der Waals surface area contributed by atoms with Crippen molar-refractivity contribution in [2.45, 2.75) is 6.42 Å². The van der Waals surface area contributed by atoms with Crippen LogP contribution < -0.4 is 4.90 Å². The number of benzene rings is 2. The van der Waals surface area contributed by atoms with E-state index >= 15 is 0 Å². The molecule has 1 saturated heterocycles. The normalized spacial score (nSPS) is 31.5. The SMILES string of the molecule is O=C1C2C3C=CC(C4CC34)C2C(=O)N1CN(C(=O)c1ccc(Br)cc1)c1ccc(F)cc1. The number of rotatable bonds is 4. The van der Waals surface area contributed by atoms with Crippen molar-refractivity contribution in [3.8, 4) is 0 Å². The molecule has 2 aromatic rings. The van der Waals surface area contributed by atoms with E-state index < -0.39 is 5.82 Å². The largest absolute Gasteiger partial charge is 0.290 e. The van der Waals surface area contributed by atoms with Crippen LogP contribution in [0.15, 0.2) is 65.2 Å². The average molecular weight is 495 g/mol. The Bertz CT molecular complexity index is 1130. The van der Waals surface area contributed by atoms with E-state index in [-0.39, 0.29) is 48.1 Å². The number of halogens is 2. The zero-order valence-corrected chi connectivity index (χ0v) is 18.6. The van der Waals surface area contributed by atoms with Crippen LogP contribution in [0.3, 0.4) is 0 Å². The fraction of sp³-hybridized carbons (Fsp3) is 0.320. The molecule has 7 heteroatoms. The predicted molar refractivity (Wildman–Crippen MR) is 119 cm³/mol. The van der Waals surface area contributed by atoms with Gasteiger partial charge < -0.3 is 0 Å². The van der Waals surface area contributed by atoms with Crippen molar-refractivity contribution in [1.82, 2.24) is 4.90 Å². The Hall–Kier alpha value is -2.80. The van der Waals surface area contributed by atoms with E-state index in [1.165, 1.54) is 34.1 Å². The van der Waals surface area contributed by atoms with Gasteiger partial charge >= 0.3 is 0 Å². The van der Waals surface area contributed by atoms with Gasteiger partial charge in [-0.25, -0.2) is 4.39 Å². The van der Waals surface area contributed by atoms with Gasteiger partial charge in [0.2, 0.25) is 11.8 Å². The minimum absolute atomic E-state index is 0.123. The van der Waals surface area contributed by atoms with E-state index in [0.717, 1.165) is 10.9 Å². The summed E-state index contributed by atoms with van der Waals surface area (Å²) in [6.45, 7) is -0.181. The fourth-order valence-corrected chi connectivity index (χ4v) is 6.20. The maximum atomic E-state index is 13.5. The molecule has 0 aromatic heterocycles. The zero-order chi connectivity index (χ0) is 22.1. The maximum Gasteiger partial charge on any atom is 0.259 e. The molecular formula is C25H20BrFN2O3. The van der Waals surface area contributed by atoms with Crippen molar-refractivity contribution < 1.29 is 18.8 Å². The quantitative estimate of drug-likeness (QED) is 0.471. The lowest BCUT2D eigenvalue weighted by atomic mass is 9.63. The topological polar surface area (TPSA) is 57.7 Å². The highest BCUT2D eigenvalue weighted by Crippen LogP contribution is 2.65.